The second-order valence-corrected chi connectivity index (χ2v) is 5.75. The fourth-order valence-electron chi connectivity index (χ4n) is 3.02. The Morgan fingerprint density at radius 1 is 1.30 bits per heavy atom. The molecule has 3 heteroatoms. The quantitative estimate of drug-likeness (QED) is 0.867. The number of aryl methyl sites for hydroxylation is 1. The van der Waals surface area contributed by atoms with Crippen LogP contribution in [0.3, 0.4) is 0 Å². The minimum Gasteiger partial charge on any atom is -0.396 e. The lowest BCUT2D eigenvalue weighted by atomic mass is 9.85. The zero-order chi connectivity index (χ0) is 14.4. The number of carbonyl (C=O) groups excluding carboxylic acids is 1. The van der Waals surface area contributed by atoms with Gasteiger partial charge in [-0.2, -0.15) is 0 Å². The van der Waals surface area contributed by atoms with Crippen LogP contribution < -0.4 is 5.32 Å². The number of nitrogens with one attached hydrogen (secondary N) is 1. The Bertz CT molecular complexity index is 444. The highest BCUT2D eigenvalue weighted by Gasteiger charge is 2.25. The zero-order valence-corrected chi connectivity index (χ0v) is 12.3. The lowest BCUT2D eigenvalue weighted by Gasteiger charge is -2.30. The highest BCUT2D eigenvalue weighted by molar-refractivity contribution is 5.78. The van der Waals surface area contributed by atoms with Crippen molar-refractivity contribution in [2.24, 2.45) is 5.92 Å². The predicted octanol–water partition coefficient (Wildman–Crippen LogP) is 2.46. The molecule has 1 aromatic rings. The Hall–Kier alpha value is -1.35. The first-order chi connectivity index (χ1) is 9.72. The first kappa shape index (κ1) is 15.0. The number of aliphatic hydroxyl groups excluding tert-OH is 1. The lowest BCUT2D eigenvalue weighted by molar-refractivity contribution is -0.121. The minimum absolute atomic E-state index is 0.0728. The van der Waals surface area contributed by atoms with Crippen LogP contribution in [0.2, 0.25) is 0 Å². The van der Waals surface area contributed by atoms with Gasteiger partial charge in [0.2, 0.25) is 5.91 Å². The van der Waals surface area contributed by atoms with Gasteiger partial charge in [0, 0.05) is 18.6 Å². The van der Waals surface area contributed by atoms with Crippen LogP contribution in [0.1, 0.15) is 43.7 Å². The van der Waals surface area contributed by atoms with Crippen molar-refractivity contribution in [1.29, 1.82) is 0 Å². The van der Waals surface area contributed by atoms with E-state index in [1.807, 2.05) is 12.1 Å². The van der Waals surface area contributed by atoms with Crippen LogP contribution >= 0.6 is 0 Å². The summed E-state index contributed by atoms with van der Waals surface area (Å²) >= 11 is 0. The van der Waals surface area contributed by atoms with Gasteiger partial charge in [-0.3, -0.25) is 4.79 Å². The largest absolute Gasteiger partial charge is 0.396 e. The van der Waals surface area contributed by atoms with E-state index in [9.17, 15) is 9.90 Å². The molecule has 1 saturated carbocycles. The molecule has 0 bridgehead atoms. The molecule has 110 valence electrons. The van der Waals surface area contributed by atoms with E-state index in [2.05, 4.69) is 24.4 Å². The van der Waals surface area contributed by atoms with E-state index in [1.54, 1.807) is 0 Å². The maximum Gasteiger partial charge on any atom is 0.224 e. The van der Waals surface area contributed by atoms with Gasteiger partial charge in [-0.15, -0.1) is 0 Å². The Labute approximate surface area is 121 Å². The summed E-state index contributed by atoms with van der Waals surface area (Å²) in [4.78, 5) is 12.1. The summed E-state index contributed by atoms with van der Waals surface area (Å²) in [5.41, 5.74) is 2.33. The molecule has 1 fully saturated rings. The smallest absolute Gasteiger partial charge is 0.224 e. The first-order valence-electron chi connectivity index (χ1n) is 7.71. The molecule has 1 aliphatic rings. The molecule has 20 heavy (non-hydrogen) atoms. The van der Waals surface area contributed by atoms with E-state index in [-0.39, 0.29) is 24.5 Å². The average molecular weight is 275 g/mol. The van der Waals surface area contributed by atoms with Gasteiger partial charge in [-0.1, -0.05) is 44.0 Å². The second-order valence-electron chi connectivity index (χ2n) is 5.75. The van der Waals surface area contributed by atoms with Gasteiger partial charge in [0.15, 0.2) is 0 Å². The predicted molar refractivity (Wildman–Crippen MR) is 80.5 cm³/mol. The van der Waals surface area contributed by atoms with Crippen LogP contribution in [-0.4, -0.2) is 23.7 Å². The van der Waals surface area contributed by atoms with Gasteiger partial charge in [0.05, 0.1) is 6.42 Å². The van der Waals surface area contributed by atoms with Gasteiger partial charge >= 0.3 is 0 Å². The number of benzene rings is 1. The fraction of sp³-hybridized carbons (Fsp3) is 0.588. The molecular weight excluding hydrogens is 250 g/mol. The topological polar surface area (TPSA) is 49.3 Å². The second kappa shape index (κ2) is 7.44. The van der Waals surface area contributed by atoms with Crippen molar-refractivity contribution in [3.05, 3.63) is 35.4 Å². The highest BCUT2D eigenvalue weighted by atomic mass is 16.3. The Balaban J connectivity index is 1.90. The maximum absolute atomic E-state index is 12.1. The Morgan fingerprint density at radius 2 is 2.05 bits per heavy atom. The zero-order valence-electron chi connectivity index (χ0n) is 12.3. The first-order valence-corrected chi connectivity index (χ1v) is 7.71. The molecule has 2 rings (SSSR count). The van der Waals surface area contributed by atoms with Crippen molar-refractivity contribution in [2.75, 3.05) is 6.61 Å². The molecule has 0 radical (unpaired) electrons. The van der Waals surface area contributed by atoms with Gasteiger partial charge < -0.3 is 10.4 Å². The Morgan fingerprint density at radius 3 is 2.80 bits per heavy atom. The summed E-state index contributed by atoms with van der Waals surface area (Å²) in [6, 6.07) is 8.35. The van der Waals surface area contributed by atoms with Crippen molar-refractivity contribution in [2.45, 2.75) is 51.5 Å². The van der Waals surface area contributed by atoms with E-state index in [4.69, 9.17) is 0 Å². The number of rotatable bonds is 5. The number of carbonyl (C=O) groups is 1. The molecule has 0 heterocycles. The highest BCUT2D eigenvalue weighted by Crippen LogP contribution is 2.24. The molecule has 1 aliphatic carbocycles. The van der Waals surface area contributed by atoms with Gasteiger partial charge in [0.1, 0.15) is 0 Å². The molecule has 0 aromatic heterocycles. The Kier molecular flexibility index (Phi) is 5.60. The van der Waals surface area contributed by atoms with E-state index in [0.29, 0.717) is 6.42 Å². The van der Waals surface area contributed by atoms with Crippen LogP contribution in [0.25, 0.3) is 0 Å². The molecule has 1 aromatic carbocycles. The molecule has 1 amide bonds. The molecular formula is C17H25NO2. The third kappa shape index (κ3) is 4.07. The molecule has 0 aliphatic heterocycles. The molecule has 3 nitrogen and oxygen atoms in total. The molecule has 2 N–H and O–H groups in total. The van der Waals surface area contributed by atoms with E-state index in [0.717, 1.165) is 37.7 Å². The van der Waals surface area contributed by atoms with E-state index >= 15 is 0 Å². The van der Waals surface area contributed by atoms with Crippen molar-refractivity contribution in [3.8, 4) is 0 Å². The molecule has 2 atom stereocenters. The van der Waals surface area contributed by atoms with Crippen LogP contribution in [0.4, 0.5) is 0 Å². The molecule has 0 saturated heterocycles. The number of hydrogen-bond donors (Lipinski definition) is 2. The third-order valence-corrected chi connectivity index (χ3v) is 4.25. The minimum atomic E-state index is 0.0728. The standard InChI is InChI=1S/C17H25NO2/c1-2-13-6-5-7-14(10-13)11-17(20)18-16-9-4-3-8-15(16)12-19/h5-7,10,15-16,19H,2-4,8-9,11-12H2,1H3,(H,18,20). The van der Waals surface area contributed by atoms with Crippen molar-refractivity contribution < 1.29 is 9.90 Å². The number of aliphatic hydroxyl groups is 1. The third-order valence-electron chi connectivity index (χ3n) is 4.25. The summed E-state index contributed by atoms with van der Waals surface area (Å²) in [5.74, 6) is 0.304. The maximum atomic E-state index is 12.1. The number of hydrogen-bond acceptors (Lipinski definition) is 2. The molecule has 0 spiro atoms. The van der Waals surface area contributed by atoms with E-state index < -0.39 is 0 Å². The van der Waals surface area contributed by atoms with E-state index in [1.165, 1.54) is 5.56 Å². The van der Waals surface area contributed by atoms with Gasteiger partial charge in [-0.05, 0) is 30.4 Å². The van der Waals surface area contributed by atoms with Gasteiger partial charge in [-0.25, -0.2) is 0 Å². The normalized spacial score (nSPS) is 22.5. The van der Waals surface area contributed by atoms with Crippen LogP contribution in [-0.2, 0) is 17.6 Å². The van der Waals surface area contributed by atoms with Crippen LogP contribution in [0, 0.1) is 5.92 Å². The number of amides is 1. The van der Waals surface area contributed by atoms with Crippen molar-refractivity contribution in [3.63, 3.8) is 0 Å². The summed E-state index contributed by atoms with van der Waals surface area (Å²) < 4.78 is 0. The summed E-state index contributed by atoms with van der Waals surface area (Å²) in [7, 11) is 0. The monoisotopic (exact) mass is 275 g/mol. The SMILES string of the molecule is CCc1cccc(CC(=O)NC2CCCCC2CO)c1. The summed E-state index contributed by atoms with van der Waals surface area (Å²) in [6.45, 7) is 2.29. The van der Waals surface area contributed by atoms with Crippen molar-refractivity contribution in [1.82, 2.24) is 5.32 Å². The van der Waals surface area contributed by atoms with Crippen LogP contribution in [0.15, 0.2) is 24.3 Å². The fourth-order valence-corrected chi connectivity index (χ4v) is 3.02. The van der Waals surface area contributed by atoms with Gasteiger partial charge in [0.25, 0.3) is 0 Å². The summed E-state index contributed by atoms with van der Waals surface area (Å²) in [5, 5.41) is 12.5. The van der Waals surface area contributed by atoms with Crippen LogP contribution in [0.5, 0.6) is 0 Å². The average Bonchev–Trinajstić information content (AvgIpc) is 2.48. The summed E-state index contributed by atoms with van der Waals surface area (Å²) in [6.07, 6.45) is 5.74. The molecule has 2 unspecified atom stereocenters. The lowest BCUT2D eigenvalue weighted by Crippen LogP contribution is -2.44. The van der Waals surface area contributed by atoms with Crippen molar-refractivity contribution >= 4 is 5.91 Å².